The molecule has 2 heteroatoms. The Morgan fingerprint density at radius 1 is 1.55 bits per heavy atom. The molecule has 0 aromatic carbocycles. The van der Waals surface area contributed by atoms with Gasteiger partial charge < -0.3 is 3.53 Å². The van der Waals surface area contributed by atoms with Gasteiger partial charge >= 0.3 is 0 Å². The fourth-order valence-electron chi connectivity index (χ4n) is 0.785. The predicted molar refractivity (Wildman–Crippen MR) is 59.6 cm³/mol. The van der Waals surface area contributed by atoms with Crippen molar-refractivity contribution in [3.05, 3.63) is 23.9 Å². The zero-order valence-electron chi connectivity index (χ0n) is 7.28. The quantitative estimate of drug-likeness (QED) is 0.455. The molecule has 1 nitrogen and oxygen atoms in total. The van der Waals surface area contributed by atoms with Gasteiger partial charge in [-0.1, -0.05) is 32.1 Å². The van der Waals surface area contributed by atoms with Crippen LogP contribution in [0.15, 0.2) is 23.9 Å². The lowest BCUT2D eigenvalue weighted by molar-refractivity contribution is 0.957. The number of rotatable bonds is 5. The van der Waals surface area contributed by atoms with Crippen LogP contribution >= 0.6 is 22.9 Å². The van der Waals surface area contributed by atoms with Gasteiger partial charge in [0.05, 0.1) is 22.9 Å². The Kier molecular flexibility index (Phi) is 6.71. The molecule has 0 unspecified atom stereocenters. The fraction of sp³-hybridized carbons (Fsp3) is 0.556. The van der Waals surface area contributed by atoms with Crippen LogP contribution in [0.2, 0.25) is 0 Å². The van der Waals surface area contributed by atoms with Crippen molar-refractivity contribution in [1.29, 1.82) is 0 Å². The molecule has 0 amide bonds. The van der Waals surface area contributed by atoms with Gasteiger partial charge in [-0.3, -0.25) is 0 Å². The second-order valence-corrected chi connectivity index (χ2v) is 3.05. The van der Waals surface area contributed by atoms with Gasteiger partial charge in [-0.2, -0.15) is 0 Å². The number of nitrogens with one attached hydrogen (secondary N) is 1. The third-order valence-corrected chi connectivity index (χ3v) is 2.21. The third-order valence-electron chi connectivity index (χ3n) is 1.51. The van der Waals surface area contributed by atoms with E-state index in [-0.39, 0.29) is 0 Å². The minimum absolute atomic E-state index is 0.993. The summed E-state index contributed by atoms with van der Waals surface area (Å²) in [5.74, 6) is 0. The summed E-state index contributed by atoms with van der Waals surface area (Å²) in [6.07, 6.45) is 5.35. The molecule has 0 fully saturated rings. The third kappa shape index (κ3) is 5.30. The molecule has 0 aromatic heterocycles. The lowest BCUT2D eigenvalue weighted by atomic mass is 10.1. The van der Waals surface area contributed by atoms with Crippen molar-refractivity contribution < 1.29 is 0 Å². The maximum Gasteiger partial charge on any atom is 0.0557 e. The van der Waals surface area contributed by atoms with E-state index in [1.807, 2.05) is 0 Å². The van der Waals surface area contributed by atoms with E-state index in [2.05, 4.69) is 52.9 Å². The summed E-state index contributed by atoms with van der Waals surface area (Å²) >= 11 is 2.16. The van der Waals surface area contributed by atoms with Crippen LogP contribution < -0.4 is 3.53 Å². The molecule has 11 heavy (non-hydrogen) atoms. The second-order valence-electron chi connectivity index (χ2n) is 2.51. The SMILES string of the molecule is C=C(CC)C/C(=C\CC)NI. The Hall–Kier alpha value is 0.0100. The molecule has 64 valence electrons. The average Bonchev–Trinajstić information content (AvgIpc) is 2.03. The summed E-state index contributed by atoms with van der Waals surface area (Å²) in [5.41, 5.74) is 2.56. The van der Waals surface area contributed by atoms with Crippen LogP contribution in [0.4, 0.5) is 0 Å². The molecule has 0 bridgehead atoms. The van der Waals surface area contributed by atoms with Crippen molar-refractivity contribution in [1.82, 2.24) is 3.53 Å². The summed E-state index contributed by atoms with van der Waals surface area (Å²) < 4.78 is 3.14. The molecule has 0 aliphatic heterocycles. The van der Waals surface area contributed by atoms with Gasteiger partial charge in [0.15, 0.2) is 0 Å². The van der Waals surface area contributed by atoms with Crippen LogP contribution in [-0.4, -0.2) is 0 Å². The number of hydrogen-bond acceptors (Lipinski definition) is 1. The standard InChI is InChI=1S/C9H16IN/c1-4-6-9(11-10)7-8(3)5-2/h6,11H,3-5,7H2,1-2H3/b9-6+. The number of halogens is 1. The van der Waals surface area contributed by atoms with Crippen molar-refractivity contribution in [2.45, 2.75) is 33.1 Å². The molecular formula is C9H16IN. The fourth-order valence-corrected chi connectivity index (χ4v) is 1.20. The van der Waals surface area contributed by atoms with Crippen LogP contribution in [0.25, 0.3) is 0 Å². The van der Waals surface area contributed by atoms with Crippen molar-refractivity contribution in [3.63, 3.8) is 0 Å². The Labute approximate surface area is 83.4 Å². The van der Waals surface area contributed by atoms with E-state index in [0.29, 0.717) is 0 Å². The summed E-state index contributed by atoms with van der Waals surface area (Å²) in [6, 6.07) is 0. The smallest absolute Gasteiger partial charge is 0.0557 e. The lowest BCUT2D eigenvalue weighted by Gasteiger charge is -2.05. The highest BCUT2D eigenvalue weighted by molar-refractivity contribution is 14.1. The van der Waals surface area contributed by atoms with Crippen LogP contribution in [0, 0.1) is 0 Å². The van der Waals surface area contributed by atoms with E-state index in [0.717, 1.165) is 19.3 Å². The molecule has 0 aliphatic carbocycles. The molecule has 0 saturated carbocycles. The van der Waals surface area contributed by atoms with Gasteiger partial charge in [-0.25, -0.2) is 0 Å². The van der Waals surface area contributed by atoms with E-state index in [1.54, 1.807) is 0 Å². The first-order chi connectivity index (χ1) is 5.24. The highest BCUT2D eigenvalue weighted by Gasteiger charge is 1.95. The predicted octanol–water partition coefficient (Wildman–Crippen LogP) is 3.58. The van der Waals surface area contributed by atoms with Gasteiger partial charge in [-0.15, -0.1) is 0 Å². The molecule has 0 atom stereocenters. The molecular weight excluding hydrogens is 249 g/mol. The zero-order valence-corrected chi connectivity index (χ0v) is 9.44. The monoisotopic (exact) mass is 265 g/mol. The van der Waals surface area contributed by atoms with Gasteiger partial charge in [0.25, 0.3) is 0 Å². The molecule has 0 aliphatic rings. The number of hydrogen-bond donors (Lipinski definition) is 1. The van der Waals surface area contributed by atoms with Crippen molar-refractivity contribution >= 4 is 22.9 Å². The van der Waals surface area contributed by atoms with E-state index in [1.165, 1.54) is 11.3 Å². The van der Waals surface area contributed by atoms with Crippen molar-refractivity contribution in [3.8, 4) is 0 Å². The minimum atomic E-state index is 0.993. The van der Waals surface area contributed by atoms with Crippen LogP contribution in [0.5, 0.6) is 0 Å². The van der Waals surface area contributed by atoms with Gasteiger partial charge in [0, 0.05) is 12.1 Å². The summed E-state index contributed by atoms with van der Waals surface area (Å²) in [5, 5.41) is 0. The van der Waals surface area contributed by atoms with Crippen LogP contribution in [0.1, 0.15) is 33.1 Å². The maximum atomic E-state index is 3.96. The van der Waals surface area contributed by atoms with Gasteiger partial charge in [0.1, 0.15) is 0 Å². The first-order valence-corrected chi connectivity index (χ1v) is 5.04. The van der Waals surface area contributed by atoms with E-state index in [4.69, 9.17) is 0 Å². The van der Waals surface area contributed by atoms with Gasteiger partial charge in [0.2, 0.25) is 0 Å². The largest absolute Gasteiger partial charge is 0.332 e. The van der Waals surface area contributed by atoms with Gasteiger partial charge in [-0.05, 0) is 12.8 Å². The second kappa shape index (κ2) is 6.70. The van der Waals surface area contributed by atoms with Crippen molar-refractivity contribution in [2.24, 2.45) is 0 Å². The highest BCUT2D eigenvalue weighted by Crippen LogP contribution is 2.11. The Morgan fingerprint density at radius 3 is 2.55 bits per heavy atom. The maximum absolute atomic E-state index is 3.96. The molecule has 0 aromatic rings. The van der Waals surface area contributed by atoms with Crippen LogP contribution in [-0.2, 0) is 0 Å². The van der Waals surface area contributed by atoms with E-state index in [9.17, 15) is 0 Å². The molecule has 0 saturated heterocycles. The normalized spacial score (nSPS) is 11.4. The molecule has 0 heterocycles. The van der Waals surface area contributed by atoms with E-state index < -0.39 is 0 Å². The first-order valence-electron chi connectivity index (χ1n) is 3.96. The molecule has 0 radical (unpaired) electrons. The summed E-state index contributed by atoms with van der Waals surface area (Å²) in [6.45, 7) is 8.24. The summed E-state index contributed by atoms with van der Waals surface area (Å²) in [4.78, 5) is 0. The van der Waals surface area contributed by atoms with E-state index >= 15 is 0 Å². The molecule has 0 rings (SSSR count). The van der Waals surface area contributed by atoms with Crippen molar-refractivity contribution in [2.75, 3.05) is 0 Å². The molecule has 0 spiro atoms. The lowest BCUT2D eigenvalue weighted by Crippen LogP contribution is -1.98. The minimum Gasteiger partial charge on any atom is -0.332 e. The molecule has 1 N–H and O–H groups in total. The van der Waals surface area contributed by atoms with Crippen LogP contribution in [0.3, 0.4) is 0 Å². The topological polar surface area (TPSA) is 12.0 Å². The highest BCUT2D eigenvalue weighted by atomic mass is 127. The Bertz CT molecular complexity index is 150. The Morgan fingerprint density at radius 2 is 2.18 bits per heavy atom. The number of allylic oxidation sites excluding steroid dienone is 2. The summed E-state index contributed by atoms with van der Waals surface area (Å²) in [7, 11) is 0. The Balaban J connectivity index is 3.87. The average molecular weight is 265 g/mol. The zero-order chi connectivity index (χ0) is 8.69. The first kappa shape index (κ1) is 11.0.